The Morgan fingerprint density at radius 1 is 1.33 bits per heavy atom. The molecule has 106 valence electrons. The van der Waals surface area contributed by atoms with Crippen LogP contribution in [0, 0.1) is 5.82 Å². The molecule has 0 fully saturated rings. The monoisotopic (exact) mass is 303 g/mol. The molecule has 0 saturated carbocycles. The largest absolute Gasteiger partial charge is 0.361 e. The molecule has 0 aliphatic heterocycles. The Hall–Kier alpha value is -2.40. The van der Waals surface area contributed by atoms with Gasteiger partial charge in [0.2, 0.25) is 5.91 Å². The summed E-state index contributed by atoms with van der Waals surface area (Å²) in [5.74, 6) is -0.532. The van der Waals surface area contributed by atoms with Crippen LogP contribution in [0.3, 0.4) is 0 Å². The fraction of sp³-hybridized carbons (Fsp3) is 0.0667. The van der Waals surface area contributed by atoms with Gasteiger partial charge in [0.15, 0.2) is 0 Å². The molecule has 0 aliphatic rings. The lowest BCUT2D eigenvalue weighted by atomic mass is 10.1. The van der Waals surface area contributed by atoms with E-state index in [4.69, 9.17) is 11.6 Å². The molecule has 0 aliphatic carbocycles. The molecule has 3 aromatic rings. The van der Waals surface area contributed by atoms with Crippen molar-refractivity contribution in [3.63, 3.8) is 0 Å². The SMILES string of the molecule is O=C(Cc1c[nH]c2ccc(F)cc12)Nc1ccc(Cl)nc1. The van der Waals surface area contributed by atoms with Crippen molar-refractivity contribution < 1.29 is 9.18 Å². The van der Waals surface area contributed by atoms with Crippen molar-refractivity contribution in [3.05, 3.63) is 59.3 Å². The molecule has 0 spiro atoms. The topological polar surface area (TPSA) is 57.8 Å². The third kappa shape index (κ3) is 3.03. The third-order valence-electron chi connectivity index (χ3n) is 3.09. The predicted octanol–water partition coefficient (Wildman–Crippen LogP) is 3.54. The molecule has 21 heavy (non-hydrogen) atoms. The summed E-state index contributed by atoms with van der Waals surface area (Å²) in [7, 11) is 0. The quantitative estimate of drug-likeness (QED) is 0.727. The maximum absolute atomic E-state index is 13.3. The second kappa shape index (κ2) is 5.54. The summed E-state index contributed by atoms with van der Waals surface area (Å²) in [6.07, 6.45) is 3.34. The Balaban J connectivity index is 1.77. The van der Waals surface area contributed by atoms with Crippen molar-refractivity contribution in [1.29, 1.82) is 0 Å². The minimum atomic E-state index is -0.328. The van der Waals surface area contributed by atoms with Gasteiger partial charge in [-0.1, -0.05) is 11.6 Å². The molecule has 2 heterocycles. The van der Waals surface area contributed by atoms with Crippen molar-refractivity contribution in [2.75, 3.05) is 5.32 Å². The van der Waals surface area contributed by atoms with Crippen molar-refractivity contribution >= 4 is 34.1 Å². The first-order chi connectivity index (χ1) is 10.1. The summed E-state index contributed by atoms with van der Waals surface area (Å²) < 4.78 is 13.3. The Morgan fingerprint density at radius 3 is 2.95 bits per heavy atom. The molecule has 0 saturated heterocycles. The van der Waals surface area contributed by atoms with Crippen molar-refractivity contribution in [2.45, 2.75) is 6.42 Å². The number of amides is 1. The number of halogens is 2. The highest BCUT2D eigenvalue weighted by Crippen LogP contribution is 2.20. The van der Waals surface area contributed by atoms with Gasteiger partial charge in [0.1, 0.15) is 11.0 Å². The molecular formula is C15H11ClFN3O. The van der Waals surface area contributed by atoms with Gasteiger partial charge < -0.3 is 10.3 Å². The number of fused-ring (bicyclic) bond motifs is 1. The molecule has 2 aromatic heterocycles. The normalized spacial score (nSPS) is 10.8. The highest BCUT2D eigenvalue weighted by atomic mass is 35.5. The van der Waals surface area contributed by atoms with Gasteiger partial charge in [-0.25, -0.2) is 9.37 Å². The molecule has 1 aromatic carbocycles. The van der Waals surface area contributed by atoms with E-state index in [2.05, 4.69) is 15.3 Å². The number of nitrogens with zero attached hydrogens (tertiary/aromatic N) is 1. The van der Waals surface area contributed by atoms with Crippen LogP contribution in [0.15, 0.2) is 42.7 Å². The number of hydrogen-bond acceptors (Lipinski definition) is 2. The van der Waals surface area contributed by atoms with E-state index < -0.39 is 0 Å². The van der Waals surface area contributed by atoms with Crippen molar-refractivity contribution in [1.82, 2.24) is 9.97 Å². The Bertz CT molecular complexity index is 798. The summed E-state index contributed by atoms with van der Waals surface area (Å²) in [5, 5.41) is 3.79. The minimum absolute atomic E-state index is 0.145. The first kappa shape index (κ1) is 13.6. The van der Waals surface area contributed by atoms with Gasteiger partial charge in [-0.05, 0) is 35.9 Å². The number of aromatic amines is 1. The van der Waals surface area contributed by atoms with Gasteiger partial charge in [0.25, 0.3) is 0 Å². The van der Waals surface area contributed by atoms with Crippen LogP contribution in [-0.2, 0) is 11.2 Å². The lowest BCUT2D eigenvalue weighted by Crippen LogP contribution is -2.14. The highest BCUT2D eigenvalue weighted by molar-refractivity contribution is 6.29. The molecule has 0 radical (unpaired) electrons. The Morgan fingerprint density at radius 2 is 2.19 bits per heavy atom. The molecule has 2 N–H and O–H groups in total. The maximum Gasteiger partial charge on any atom is 0.228 e. The average Bonchev–Trinajstić information content (AvgIpc) is 2.84. The van der Waals surface area contributed by atoms with Gasteiger partial charge >= 0.3 is 0 Å². The second-order valence-corrected chi connectivity index (χ2v) is 4.99. The number of rotatable bonds is 3. The standard InChI is InChI=1S/C15H11ClFN3O/c16-14-4-2-11(8-19-14)20-15(21)5-9-7-18-13-3-1-10(17)6-12(9)13/h1-4,6-8,18H,5H2,(H,20,21). The molecule has 4 nitrogen and oxygen atoms in total. The van der Waals surface area contributed by atoms with Crippen LogP contribution in [0.2, 0.25) is 5.15 Å². The average molecular weight is 304 g/mol. The van der Waals surface area contributed by atoms with E-state index in [1.165, 1.54) is 18.3 Å². The molecule has 0 unspecified atom stereocenters. The van der Waals surface area contributed by atoms with Crippen LogP contribution in [0.25, 0.3) is 10.9 Å². The Labute approximate surface area is 125 Å². The molecule has 0 bridgehead atoms. The van der Waals surface area contributed by atoms with E-state index in [9.17, 15) is 9.18 Å². The number of benzene rings is 1. The predicted molar refractivity (Wildman–Crippen MR) is 79.8 cm³/mol. The molecule has 0 atom stereocenters. The Kier molecular flexibility index (Phi) is 3.58. The number of carbonyl (C=O) groups excluding carboxylic acids is 1. The zero-order valence-electron chi connectivity index (χ0n) is 10.9. The molecule has 6 heteroatoms. The molecular weight excluding hydrogens is 293 g/mol. The first-order valence-corrected chi connectivity index (χ1v) is 6.66. The zero-order chi connectivity index (χ0) is 14.8. The maximum atomic E-state index is 13.3. The lowest BCUT2D eigenvalue weighted by Gasteiger charge is -2.04. The lowest BCUT2D eigenvalue weighted by molar-refractivity contribution is -0.115. The van der Waals surface area contributed by atoms with Crippen molar-refractivity contribution in [3.8, 4) is 0 Å². The summed E-state index contributed by atoms with van der Waals surface area (Å²) in [4.78, 5) is 18.9. The van der Waals surface area contributed by atoms with Crippen LogP contribution in [0.1, 0.15) is 5.56 Å². The first-order valence-electron chi connectivity index (χ1n) is 6.29. The van der Waals surface area contributed by atoms with E-state index in [-0.39, 0.29) is 18.1 Å². The summed E-state index contributed by atoms with van der Waals surface area (Å²) in [6.45, 7) is 0. The van der Waals surface area contributed by atoms with Crippen LogP contribution in [-0.4, -0.2) is 15.9 Å². The number of nitrogens with one attached hydrogen (secondary N) is 2. The van der Waals surface area contributed by atoms with Gasteiger partial charge in [0, 0.05) is 17.1 Å². The number of aromatic nitrogens is 2. The van der Waals surface area contributed by atoms with E-state index in [1.807, 2.05) is 0 Å². The van der Waals surface area contributed by atoms with Gasteiger partial charge in [0.05, 0.1) is 18.3 Å². The third-order valence-corrected chi connectivity index (χ3v) is 3.32. The van der Waals surface area contributed by atoms with Crippen LogP contribution in [0.5, 0.6) is 0 Å². The minimum Gasteiger partial charge on any atom is -0.361 e. The summed E-state index contributed by atoms with van der Waals surface area (Å²) >= 11 is 5.68. The van der Waals surface area contributed by atoms with Crippen LogP contribution in [0.4, 0.5) is 10.1 Å². The van der Waals surface area contributed by atoms with Gasteiger partial charge in [-0.15, -0.1) is 0 Å². The highest BCUT2D eigenvalue weighted by Gasteiger charge is 2.10. The second-order valence-electron chi connectivity index (χ2n) is 4.60. The van der Waals surface area contributed by atoms with E-state index in [0.717, 1.165) is 11.1 Å². The fourth-order valence-corrected chi connectivity index (χ4v) is 2.24. The summed E-state index contributed by atoms with van der Waals surface area (Å²) in [6, 6.07) is 7.70. The van der Waals surface area contributed by atoms with Crippen LogP contribution < -0.4 is 5.32 Å². The van der Waals surface area contributed by atoms with Crippen LogP contribution >= 0.6 is 11.6 Å². The molecule has 1 amide bonds. The number of anilines is 1. The van der Waals surface area contributed by atoms with E-state index >= 15 is 0 Å². The van der Waals surface area contributed by atoms with Gasteiger partial charge in [-0.3, -0.25) is 4.79 Å². The zero-order valence-corrected chi connectivity index (χ0v) is 11.6. The summed E-state index contributed by atoms with van der Waals surface area (Å²) in [5.41, 5.74) is 2.10. The van der Waals surface area contributed by atoms with Crippen molar-refractivity contribution in [2.24, 2.45) is 0 Å². The smallest absolute Gasteiger partial charge is 0.228 e. The number of H-pyrrole nitrogens is 1. The molecule has 3 rings (SSSR count). The number of pyridine rings is 1. The number of hydrogen-bond donors (Lipinski definition) is 2. The number of carbonyl (C=O) groups is 1. The fourth-order valence-electron chi connectivity index (χ4n) is 2.12. The van der Waals surface area contributed by atoms with E-state index in [0.29, 0.717) is 16.2 Å². The van der Waals surface area contributed by atoms with Gasteiger partial charge in [-0.2, -0.15) is 0 Å². The van der Waals surface area contributed by atoms with E-state index in [1.54, 1.807) is 24.4 Å².